The van der Waals surface area contributed by atoms with Crippen LogP contribution in [0.3, 0.4) is 0 Å². The van der Waals surface area contributed by atoms with Crippen molar-refractivity contribution in [3.05, 3.63) is 341 Å². The highest BCUT2D eigenvalue weighted by atomic mass is 79.9. The van der Waals surface area contributed by atoms with Gasteiger partial charge in [-0.1, -0.05) is 199 Å². The Kier molecular flexibility index (Phi) is 20.7. The van der Waals surface area contributed by atoms with Crippen LogP contribution >= 0.6 is 39.1 Å². The van der Waals surface area contributed by atoms with Crippen LogP contribution in [0.2, 0.25) is 10.0 Å². The number of ether oxygens (including phenoxy) is 2. The molecule has 0 atom stereocenters. The van der Waals surface area contributed by atoms with Crippen molar-refractivity contribution in [3.63, 3.8) is 0 Å². The van der Waals surface area contributed by atoms with Gasteiger partial charge in [-0.2, -0.15) is 0 Å². The smallest absolute Gasteiger partial charge is 0.148 e. The molecule has 0 aliphatic carbocycles. The minimum Gasteiger partial charge on any atom is -0.456 e. The normalized spacial score (nSPS) is 10.3. The van der Waals surface area contributed by atoms with E-state index in [9.17, 15) is 0 Å². The summed E-state index contributed by atoms with van der Waals surface area (Å²) in [6.07, 6.45) is 0. The third-order valence-electron chi connectivity index (χ3n) is 13.2. The molecule has 9 heteroatoms. The minimum atomic E-state index is 0. The summed E-state index contributed by atoms with van der Waals surface area (Å²) in [4.78, 5) is 6.56. The van der Waals surface area contributed by atoms with E-state index in [4.69, 9.17) is 32.7 Å². The first-order chi connectivity index (χ1) is 40.7. The molecular weight excluding hydrogens is 1140 g/mol. The molecule has 0 radical (unpaired) electrons. The van der Waals surface area contributed by atoms with Crippen LogP contribution in [-0.2, 0) is 0 Å². The lowest BCUT2D eigenvalue weighted by atomic mass is 10.1. The topological polar surface area (TPSA) is 40.2 Å². The van der Waals surface area contributed by atoms with Crippen LogP contribution in [0.1, 0.15) is 18.6 Å². The maximum absolute atomic E-state index is 7.09. The second kappa shape index (κ2) is 29.5. The van der Waals surface area contributed by atoms with Crippen LogP contribution in [0.15, 0.2) is 320 Å². The SMILES string of the molecule is C.Cc1ccc(N(c2ccccc2)c2cccc(Oc3cccc(Br)c3Cl)c2)cc1.Cc1ccc(N(c2ccccc2)c2cccc(Oc3cccc(N(c4ccccc4)c4ccccc4)c3Cl)c2)cc1.c1ccc(Nc2ccccc2)cc1. The summed E-state index contributed by atoms with van der Waals surface area (Å²) in [6.45, 7) is 4.19. The van der Waals surface area contributed by atoms with E-state index in [0.717, 1.165) is 72.8 Å². The molecule has 0 heterocycles. The lowest BCUT2D eigenvalue weighted by Gasteiger charge is -2.27. The van der Waals surface area contributed by atoms with Gasteiger partial charge in [-0.15, -0.1) is 0 Å². The van der Waals surface area contributed by atoms with Gasteiger partial charge < -0.3 is 29.5 Å². The average Bonchev–Trinajstić information content (AvgIpc) is 3.29. The van der Waals surface area contributed by atoms with Gasteiger partial charge in [-0.05, 0) is 175 Å². The Balaban J connectivity index is 0.000000170. The average molecular weight is 1200 g/mol. The summed E-state index contributed by atoms with van der Waals surface area (Å²) >= 11 is 16.9. The van der Waals surface area contributed by atoms with Gasteiger partial charge in [0.15, 0.2) is 0 Å². The van der Waals surface area contributed by atoms with Gasteiger partial charge in [0.1, 0.15) is 28.0 Å². The Morgan fingerprint density at radius 3 is 1.01 bits per heavy atom. The number of aryl methyl sites for hydroxylation is 2. The van der Waals surface area contributed by atoms with Crippen molar-refractivity contribution in [2.75, 3.05) is 20.0 Å². The molecule has 0 spiro atoms. The summed E-state index contributed by atoms with van der Waals surface area (Å²) in [7, 11) is 0. The van der Waals surface area contributed by atoms with Gasteiger partial charge in [0.05, 0.1) is 10.7 Å². The number of benzene rings is 12. The largest absolute Gasteiger partial charge is 0.456 e. The Labute approximate surface area is 513 Å². The van der Waals surface area contributed by atoms with Gasteiger partial charge in [-0.3, -0.25) is 0 Å². The lowest BCUT2D eigenvalue weighted by Crippen LogP contribution is -2.10. The summed E-state index contributed by atoms with van der Waals surface area (Å²) in [5.41, 5.74) is 13.8. The molecule has 12 aromatic rings. The van der Waals surface area contributed by atoms with Crippen molar-refractivity contribution >= 4 is 102 Å². The first-order valence-corrected chi connectivity index (χ1v) is 28.7. The molecule has 0 fully saturated rings. The zero-order valence-corrected chi connectivity index (χ0v) is 48.9. The fraction of sp³-hybridized carbons (Fsp3) is 0.0400. The van der Waals surface area contributed by atoms with Crippen molar-refractivity contribution < 1.29 is 9.47 Å². The number of halogens is 3. The fourth-order valence-corrected chi connectivity index (χ4v) is 9.93. The summed E-state index contributed by atoms with van der Waals surface area (Å²) in [6, 6.07) is 106. The zero-order chi connectivity index (χ0) is 57.2. The van der Waals surface area contributed by atoms with Crippen molar-refractivity contribution in [3.8, 4) is 23.0 Å². The maximum Gasteiger partial charge on any atom is 0.148 e. The third-order valence-corrected chi connectivity index (χ3v) is 14.8. The van der Waals surface area contributed by atoms with Gasteiger partial charge in [0, 0.05) is 73.5 Å². The molecular formula is C75H63BrCl2N4O2. The van der Waals surface area contributed by atoms with E-state index in [1.54, 1.807) is 0 Å². The molecule has 0 amide bonds. The van der Waals surface area contributed by atoms with Crippen molar-refractivity contribution in [1.29, 1.82) is 0 Å². The number of nitrogens with zero attached hydrogens (tertiary/aromatic N) is 3. The van der Waals surface area contributed by atoms with E-state index in [-0.39, 0.29) is 7.43 Å². The van der Waals surface area contributed by atoms with Crippen molar-refractivity contribution in [1.82, 2.24) is 0 Å². The van der Waals surface area contributed by atoms with E-state index >= 15 is 0 Å². The number of para-hydroxylation sites is 6. The van der Waals surface area contributed by atoms with Gasteiger partial charge in [0.2, 0.25) is 0 Å². The predicted molar refractivity (Wildman–Crippen MR) is 360 cm³/mol. The maximum atomic E-state index is 7.09. The van der Waals surface area contributed by atoms with E-state index in [0.29, 0.717) is 27.3 Å². The molecule has 0 saturated heterocycles. The molecule has 0 bridgehead atoms. The molecule has 416 valence electrons. The first kappa shape index (κ1) is 59.1. The van der Waals surface area contributed by atoms with Crippen LogP contribution in [0.5, 0.6) is 23.0 Å². The highest BCUT2D eigenvalue weighted by Gasteiger charge is 2.20. The molecule has 6 nitrogen and oxygen atoms in total. The van der Waals surface area contributed by atoms with Crippen molar-refractivity contribution in [2.45, 2.75) is 21.3 Å². The van der Waals surface area contributed by atoms with E-state index < -0.39 is 0 Å². The van der Waals surface area contributed by atoms with Gasteiger partial charge in [-0.25, -0.2) is 0 Å². The van der Waals surface area contributed by atoms with Crippen molar-refractivity contribution in [2.24, 2.45) is 0 Å². The number of hydrogen-bond donors (Lipinski definition) is 1. The molecule has 1 N–H and O–H groups in total. The van der Waals surface area contributed by atoms with E-state index in [2.05, 4.69) is 159 Å². The quantitative estimate of drug-likeness (QED) is 0.110. The number of anilines is 11. The van der Waals surface area contributed by atoms with Crippen LogP contribution in [0.25, 0.3) is 0 Å². The number of hydrogen-bond acceptors (Lipinski definition) is 6. The monoisotopic (exact) mass is 1200 g/mol. The minimum absolute atomic E-state index is 0. The van der Waals surface area contributed by atoms with Crippen LogP contribution in [0, 0.1) is 13.8 Å². The number of rotatable bonds is 15. The van der Waals surface area contributed by atoms with E-state index in [1.807, 2.05) is 206 Å². The Morgan fingerprint density at radius 2 is 0.619 bits per heavy atom. The summed E-state index contributed by atoms with van der Waals surface area (Å²) in [5.74, 6) is 2.61. The third kappa shape index (κ3) is 15.5. The highest BCUT2D eigenvalue weighted by Crippen LogP contribution is 2.45. The van der Waals surface area contributed by atoms with Gasteiger partial charge >= 0.3 is 0 Å². The number of nitrogens with one attached hydrogen (secondary N) is 1. The lowest BCUT2D eigenvalue weighted by molar-refractivity contribution is 0.482. The molecule has 0 aromatic heterocycles. The summed E-state index contributed by atoms with van der Waals surface area (Å²) < 4.78 is 13.4. The van der Waals surface area contributed by atoms with E-state index in [1.165, 1.54) is 11.1 Å². The predicted octanol–water partition coefficient (Wildman–Crippen LogP) is 24.1. The highest BCUT2D eigenvalue weighted by molar-refractivity contribution is 9.10. The Morgan fingerprint density at radius 1 is 0.310 bits per heavy atom. The van der Waals surface area contributed by atoms with Crippen LogP contribution < -0.4 is 29.5 Å². The Bertz CT molecular complexity index is 3860. The molecule has 0 unspecified atom stereocenters. The molecule has 12 rings (SSSR count). The Hall–Kier alpha value is -9.50. The standard InChI is InChI=1S/C37H29ClN2O.C25H19BrClNO.C12H11N.CH4/c1-28-23-25-32(26-24-28)39(29-13-5-2-6-14-29)33-19-11-20-34(27-33)41-36-22-12-21-35(37(36)38)40(30-15-7-3-8-16-30)31-17-9-4-10-18-31;1-18-13-15-20(16-14-18)28(19-7-3-2-4-8-19)21-9-5-10-22(17-21)29-24-12-6-11-23(26)25(24)27;1-3-7-11(8-4-1)13-12-9-5-2-6-10-12;/h2-27H,1H3;2-17H,1H3;1-10,13H;1H4. The molecule has 12 aromatic carbocycles. The summed E-state index contributed by atoms with van der Waals surface area (Å²) in [5, 5.41) is 4.39. The molecule has 0 aliphatic heterocycles. The first-order valence-electron chi connectivity index (χ1n) is 27.1. The second-order valence-electron chi connectivity index (χ2n) is 19.2. The molecule has 0 aliphatic rings. The molecule has 84 heavy (non-hydrogen) atoms. The van der Waals surface area contributed by atoms with Crippen LogP contribution in [-0.4, -0.2) is 0 Å². The van der Waals surface area contributed by atoms with Crippen LogP contribution in [0.4, 0.5) is 62.6 Å². The van der Waals surface area contributed by atoms with Gasteiger partial charge in [0.25, 0.3) is 0 Å². The fourth-order valence-electron chi connectivity index (χ4n) is 9.17. The second-order valence-corrected chi connectivity index (χ2v) is 20.8. The zero-order valence-electron chi connectivity index (χ0n) is 45.8. The molecule has 0 saturated carbocycles.